The van der Waals surface area contributed by atoms with Crippen molar-refractivity contribution in [3.63, 3.8) is 0 Å². The molecule has 5 nitrogen and oxygen atoms in total. The van der Waals surface area contributed by atoms with Crippen molar-refractivity contribution in [1.29, 1.82) is 0 Å². The van der Waals surface area contributed by atoms with Gasteiger partial charge in [-0.1, -0.05) is 60.2 Å². The molecule has 6 rings (SSSR count). The zero-order valence-electron chi connectivity index (χ0n) is 18.4. The van der Waals surface area contributed by atoms with Gasteiger partial charge >= 0.3 is 0 Å². The number of amides is 1. The Kier molecular flexibility index (Phi) is 4.55. The summed E-state index contributed by atoms with van der Waals surface area (Å²) in [6.45, 7) is 1.50. The lowest BCUT2D eigenvalue weighted by atomic mass is 9.64. The topological polar surface area (TPSA) is 66.5 Å². The number of halogens is 1. The first-order valence-corrected chi connectivity index (χ1v) is 11.6. The van der Waals surface area contributed by atoms with E-state index in [2.05, 4.69) is 5.32 Å². The lowest BCUT2D eigenvalue weighted by molar-refractivity contribution is -0.122. The molecule has 1 spiro atoms. The van der Waals surface area contributed by atoms with Crippen molar-refractivity contribution in [3.05, 3.63) is 101 Å². The third kappa shape index (κ3) is 2.64. The molecule has 1 amide bonds. The molecule has 1 unspecified atom stereocenters. The normalized spacial score (nSPS) is 26.1. The van der Waals surface area contributed by atoms with E-state index in [-0.39, 0.29) is 17.5 Å². The number of rotatable bonds is 3. The first kappa shape index (κ1) is 20.9. The number of benzene rings is 3. The number of para-hydroxylation sites is 2. The molecule has 1 fully saturated rings. The van der Waals surface area contributed by atoms with Crippen molar-refractivity contribution in [3.8, 4) is 0 Å². The highest BCUT2D eigenvalue weighted by Crippen LogP contribution is 2.57. The number of hydrogen-bond donors (Lipinski definition) is 1. The van der Waals surface area contributed by atoms with Gasteiger partial charge in [0.2, 0.25) is 5.91 Å². The predicted octanol–water partition coefficient (Wildman–Crippen LogP) is 4.90. The average Bonchev–Trinajstić information content (AvgIpc) is 3.32. The quantitative estimate of drug-likeness (QED) is 0.555. The summed E-state index contributed by atoms with van der Waals surface area (Å²) in [7, 11) is 0. The van der Waals surface area contributed by atoms with Crippen LogP contribution in [0.1, 0.15) is 28.4 Å². The highest BCUT2D eigenvalue weighted by Gasteiger charge is 2.69. The largest absolute Gasteiger partial charge is 0.352 e. The fourth-order valence-electron chi connectivity index (χ4n) is 6.07. The third-order valence-electron chi connectivity index (χ3n) is 7.37. The van der Waals surface area contributed by atoms with Crippen LogP contribution < -0.4 is 10.2 Å². The molecule has 0 aromatic heterocycles. The van der Waals surface area contributed by atoms with Gasteiger partial charge in [0.1, 0.15) is 5.41 Å². The van der Waals surface area contributed by atoms with Gasteiger partial charge in [-0.05, 0) is 54.4 Å². The van der Waals surface area contributed by atoms with Crippen LogP contribution in [0.25, 0.3) is 6.08 Å². The van der Waals surface area contributed by atoms with Crippen LogP contribution in [0.5, 0.6) is 0 Å². The first-order valence-electron chi connectivity index (χ1n) is 11.2. The molecular weight excluding hydrogens is 448 g/mol. The molecule has 168 valence electrons. The number of fused-ring (bicyclic) bond motifs is 6. The zero-order valence-corrected chi connectivity index (χ0v) is 19.1. The SMILES string of the molecule is CC(=O)[C@H]1[C@@H](C(=O)c2ccc(Cl)cc2)[C@]2(C(=O)Nc3ccccc32)C2C=Cc3ccccc3N21. The number of Topliss-reactive ketones (excluding diaryl/α,β-unsaturated/α-hetero) is 2. The molecule has 34 heavy (non-hydrogen) atoms. The fourth-order valence-corrected chi connectivity index (χ4v) is 6.19. The summed E-state index contributed by atoms with van der Waals surface area (Å²) >= 11 is 6.07. The van der Waals surface area contributed by atoms with Gasteiger partial charge in [-0.15, -0.1) is 0 Å². The third-order valence-corrected chi connectivity index (χ3v) is 7.62. The first-order chi connectivity index (χ1) is 16.4. The monoisotopic (exact) mass is 468 g/mol. The van der Waals surface area contributed by atoms with E-state index in [9.17, 15) is 14.4 Å². The van der Waals surface area contributed by atoms with Crippen molar-refractivity contribution in [2.45, 2.75) is 24.4 Å². The number of ketones is 2. The Labute approximate surface area is 202 Å². The molecule has 3 aliphatic rings. The van der Waals surface area contributed by atoms with E-state index in [1.54, 1.807) is 24.3 Å². The van der Waals surface area contributed by atoms with Crippen molar-refractivity contribution in [2.24, 2.45) is 5.92 Å². The standard InChI is InChI=1S/C28H21ClN2O3/c1-16(32)25-24(26(33)18-10-13-19(29)14-11-18)28(20-7-3-4-8-21(20)30-27(28)34)23-15-12-17-6-2-5-9-22(17)31(23)25/h2-15,23-25H,1H3,(H,30,34)/t23?,24-,25-,28+/m0/s1. The minimum atomic E-state index is -1.26. The van der Waals surface area contributed by atoms with E-state index in [0.717, 1.165) is 16.8 Å². The van der Waals surface area contributed by atoms with Gasteiger partial charge in [0.25, 0.3) is 0 Å². The van der Waals surface area contributed by atoms with Crippen LogP contribution in [0.2, 0.25) is 5.02 Å². The summed E-state index contributed by atoms with van der Waals surface area (Å²) in [5, 5.41) is 3.52. The van der Waals surface area contributed by atoms with Gasteiger partial charge in [0.15, 0.2) is 11.6 Å². The van der Waals surface area contributed by atoms with Crippen LogP contribution in [-0.2, 0) is 15.0 Å². The zero-order chi connectivity index (χ0) is 23.6. The van der Waals surface area contributed by atoms with Crippen LogP contribution in [0, 0.1) is 5.92 Å². The maximum Gasteiger partial charge on any atom is 0.238 e. The Morgan fingerprint density at radius 3 is 2.44 bits per heavy atom. The second kappa shape index (κ2) is 7.40. The second-order valence-corrected chi connectivity index (χ2v) is 9.48. The minimum Gasteiger partial charge on any atom is -0.352 e. The summed E-state index contributed by atoms with van der Waals surface area (Å²) in [5.74, 6) is -1.58. The molecule has 0 radical (unpaired) electrons. The molecule has 3 aromatic carbocycles. The number of nitrogens with one attached hydrogen (secondary N) is 1. The van der Waals surface area contributed by atoms with Gasteiger partial charge in [0.05, 0.1) is 18.0 Å². The van der Waals surface area contributed by atoms with E-state index in [0.29, 0.717) is 16.3 Å². The molecule has 0 bridgehead atoms. The predicted molar refractivity (Wildman–Crippen MR) is 132 cm³/mol. The Bertz CT molecular complexity index is 1400. The Hall–Kier alpha value is -3.70. The van der Waals surface area contributed by atoms with Crippen molar-refractivity contribution < 1.29 is 14.4 Å². The fraction of sp³-hybridized carbons (Fsp3) is 0.179. The van der Waals surface area contributed by atoms with E-state index in [1.165, 1.54) is 6.92 Å². The summed E-state index contributed by atoms with van der Waals surface area (Å²) in [6, 6.07) is 20.6. The molecular formula is C28H21ClN2O3. The summed E-state index contributed by atoms with van der Waals surface area (Å²) < 4.78 is 0. The van der Waals surface area contributed by atoms with Gasteiger partial charge in [-0.2, -0.15) is 0 Å². The lowest BCUT2D eigenvalue weighted by Crippen LogP contribution is -2.51. The molecule has 0 aliphatic carbocycles. The van der Waals surface area contributed by atoms with Gasteiger partial charge in [-0.3, -0.25) is 14.4 Å². The van der Waals surface area contributed by atoms with Crippen molar-refractivity contribution in [1.82, 2.24) is 0 Å². The Morgan fingerprint density at radius 1 is 0.971 bits per heavy atom. The van der Waals surface area contributed by atoms with Crippen molar-refractivity contribution in [2.75, 3.05) is 10.2 Å². The molecule has 0 saturated carbocycles. The van der Waals surface area contributed by atoms with Crippen LogP contribution in [0.3, 0.4) is 0 Å². The van der Waals surface area contributed by atoms with E-state index < -0.39 is 23.4 Å². The number of carbonyl (C=O) groups is 3. The smallest absolute Gasteiger partial charge is 0.238 e. The molecule has 3 aromatic rings. The molecule has 1 N–H and O–H groups in total. The van der Waals surface area contributed by atoms with Crippen LogP contribution in [-0.4, -0.2) is 29.6 Å². The number of anilines is 2. The Balaban J connectivity index is 1.66. The number of nitrogens with zero attached hydrogens (tertiary/aromatic N) is 1. The molecule has 3 heterocycles. The highest BCUT2D eigenvalue weighted by molar-refractivity contribution is 6.30. The molecule has 3 aliphatic heterocycles. The maximum atomic E-state index is 14.2. The van der Waals surface area contributed by atoms with Gasteiger partial charge in [0, 0.05) is 22.0 Å². The maximum absolute atomic E-state index is 14.2. The van der Waals surface area contributed by atoms with Crippen molar-refractivity contribution >= 4 is 46.5 Å². The average molecular weight is 469 g/mol. The molecule has 6 heteroatoms. The van der Waals surface area contributed by atoms with Crippen LogP contribution in [0.4, 0.5) is 11.4 Å². The molecule has 1 saturated heterocycles. The van der Waals surface area contributed by atoms with E-state index in [1.807, 2.05) is 65.6 Å². The summed E-state index contributed by atoms with van der Waals surface area (Å²) in [6.07, 6.45) is 3.95. The van der Waals surface area contributed by atoms with Crippen LogP contribution in [0.15, 0.2) is 78.9 Å². The Morgan fingerprint density at radius 2 is 1.68 bits per heavy atom. The highest BCUT2D eigenvalue weighted by atomic mass is 35.5. The minimum absolute atomic E-state index is 0.156. The second-order valence-electron chi connectivity index (χ2n) is 9.04. The van der Waals surface area contributed by atoms with E-state index >= 15 is 0 Å². The lowest BCUT2D eigenvalue weighted by Gasteiger charge is -2.37. The number of carbonyl (C=O) groups excluding carboxylic acids is 3. The van der Waals surface area contributed by atoms with Gasteiger partial charge < -0.3 is 10.2 Å². The van der Waals surface area contributed by atoms with Crippen LogP contribution >= 0.6 is 11.6 Å². The number of hydrogen-bond acceptors (Lipinski definition) is 4. The summed E-state index contributed by atoms with van der Waals surface area (Å²) in [4.78, 5) is 43.4. The molecule has 4 atom stereocenters. The summed E-state index contributed by atoms with van der Waals surface area (Å²) in [5.41, 5.74) is 2.39. The van der Waals surface area contributed by atoms with Gasteiger partial charge in [-0.25, -0.2) is 0 Å². The van der Waals surface area contributed by atoms with E-state index in [4.69, 9.17) is 11.6 Å².